The molecule has 0 fully saturated rings. The van der Waals surface area contributed by atoms with E-state index >= 15 is 0 Å². The van der Waals surface area contributed by atoms with Gasteiger partial charge in [0.15, 0.2) is 16.6 Å². The molecule has 0 bridgehead atoms. The Kier molecular flexibility index (Phi) is 12.8. The first-order valence-corrected chi connectivity index (χ1v) is 21.6. The third-order valence-electron chi connectivity index (χ3n) is 6.18. The Morgan fingerprint density at radius 2 is 1.27 bits per heavy atom. The predicted molar refractivity (Wildman–Crippen MR) is 144 cm³/mol. The van der Waals surface area contributed by atoms with E-state index in [1.54, 1.807) is 0 Å². The lowest BCUT2D eigenvalue weighted by molar-refractivity contribution is -0.161. The molecule has 0 aromatic heterocycles. The zero-order valence-corrected chi connectivity index (χ0v) is 26.6. The molecule has 0 amide bonds. The number of hydrogen-bond acceptors (Lipinski definition) is 6. The fourth-order valence-electron chi connectivity index (χ4n) is 4.55. The smallest absolute Gasteiger partial charge is 0.311 e. The molecule has 0 aliphatic rings. The molecular weight excluding hydrogens is 469 g/mol. The molecule has 0 saturated heterocycles. The molecule has 0 aromatic rings. The monoisotopic (exact) mass is 520 g/mol. The van der Waals surface area contributed by atoms with Crippen molar-refractivity contribution in [1.29, 1.82) is 0 Å². The van der Waals surface area contributed by atoms with Gasteiger partial charge in [0.05, 0.1) is 24.5 Å². The summed E-state index contributed by atoms with van der Waals surface area (Å²) in [4.78, 5) is 25.0. The summed E-state index contributed by atoms with van der Waals surface area (Å²) in [6.07, 6.45) is 4.17. The highest BCUT2D eigenvalue weighted by Gasteiger charge is 2.43. The zero-order valence-electron chi connectivity index (χ0n) is 23.6. The number of esters is 2. The van der Waals surface area contributed by atoms with Gasteiger partial charge in [-0.15, -0.1) is 0 Å². The van der Waals surface area contributed by atoms with Gasteiger partial charge in [-0.25, -0.2) is 0 Å². The average Bonchev–Trinajstić information content (AvgIpc) is 2.66. The van der Waals surface area contributed by atoms with Crippen LogP contribution in [0.2, 0.25) is 51.4 Å². The number of carbonyl (C=O) groups excluding carboxylic acids is 2. The van der Waals surface area contributed by atoms with Gasteiger partial charge in [0.25, 0.3) is 0 Å². The van der Waals surface area contributed by atoms with Crippen molar-refractivity contribution in [3.63, 3.8) is 0 Å². The van der Waals surface area contributed by atoms with Crippen LogP contribution in [0.25, 0.3) is 0 Å². The molecule has 1 unspecified atom stereocenters. The SMILES string of the molecule is CCCC[Si](C)(C)O[Si](C)(C)O[Si](C)(C)CCCOC(=O)C(C)(C)CC(C)(CC)C(=O)OC. The van der Waals surface area contributed by atoms with Crippen LogP contribution in [-0.2, 0) is 27.3 Å². The fourth-order valence-corrected chi connectivity index (χ4v) is 18.8. The lowest BCUT2D eigenvalue weighted by atomic mass is 9.72. The lowest BCUT2D eigenvalue weighted by Gasteiger charge is -2.38. The zero-order chi connectivity index (χ0) is 26.1. The van der Waals surface area contributed by atoms with E-state index in [-0.39, 0.29) is 11.9 Å². The molecule has 0 spiro atoms. The second-order valence-corrected chi connectivity index (χ2v) is 24.4. The predicted octanol–water partition coefficient (Wildman–Crippen LogP) is 6.87. The Bertz CT molecular complexity index is 634. The largest absolute Gasteiger partial charge is 0.469 e. The molecule has 1 atom stereocenters. The van der Waals surface area contributed by atoms with E-state index in [9.17, 15) is 9.59 Å². The Morgan fingerprint density at radius 3 is 1.70 bits per heavy atom. The Hall–Kier alpha value is -0.489. The third kappa shape index (κ3) is 12.2. The second-order valence-electron chi connectivity index (χ2n) is 11.9. The topological polar surface area (TPSA) is 71.1 Å². The van der Waals surface area contributed by atoms with Crippen LogP contribution >= 0.6 is 0 Å². The van der Waals surface area contributed by atoms with Crippen molar-refractivity contribution in [2.75, 3.05) is 13.7 Å². The standard InChI is InChI=1S/C24H52O6Si3/c1-13-15-18-31(7,8)29-33(11,12)30-32(9,10)19-16-17-28-21(25)23(3,4)20-24(5,14-2)22(26)27-6/h13-20H2,1-12H3. The lowest BCUT2D eigenvalue weighted by Crippen LogP contribution is -2.52. The van der Waals surface area contributed by atoms with Crippen LogP contribution in [0.5, 0.6) is 0 Å². The van der Waals surface area contributed by atoms with Crippen LogP contribution in [0.4, 0.5) is 0 Å². The van der Waals surface area contributed by atoms with Gasteiger partial charge in [-0.2, -0.15) is 0 Å². The van der Waals surface area contributed by atoms with Crippen LogP contribution in [0.3, 0.4) is 0 Å². The average molecular weight is 521 g/mol. The van der Waals surface area contributed by atoms with Crippen LogP contribution < -0.4 is 0 Å². The molecule has 0 heterocycles. The van der Waals surface area contributed by atoms with Crippen molar-refractivity contribution in [2.45, 2.75) is 118 Å². The van der Waals surface area contributed by atoms with Gasteiger partial charge < -0.3 is 17.7 Å². The minimum atomic E-state index is -2.21. The fraction of sp³-hybridized carbons (Fsp3) is 0.917. The highest BCUT2D eigenvalue weighted by molar-refractivity contribution is 6.87. The highest BCUT2D eigenvalue weighted by Crippen LogP contribution is 2.38. The minimum Gasteiger partial charge on any atom is -0.469 e. The number of methoxy groups -OCH3 is 1. The van der Waals surface area contributed by atoms with Crippen molar-refractivity contribution in [3.05, 3.63) is 0 Å². The van der Waals surface area contributed by atoms with E-state index in [2.05, 4.69) is 46.2 Å². The number of hydrogen-bond donors (Lipinski definition) is 0. The molecule has 33 heavy (non-hydrogen) atoms. The molecule has 0 saturated carbocycles. The van der Waals surface area contributed by atoms with Gasteiger partial charge in [-0.05, 0) is 91.4 Å². The first-order chi connectivity index (χ1) is 14.9. The molecule has 0 aliphatic heterocycles. The van der Waals surface area contributed by atoms with E-state index < -0.39 is 36.0 Å². The highest BCUT2D eigenvalue weighted by atomic mass is 28.5. The molecule has 0 rings (SSSR count). The van der Waals surface area contributed by atoms with Gasteiger partial charge in [0, 0.05) is 0 Å². The van der Waals surface area contributed by atoms with E-state index in [4.69, 9.17) is 17.7 Å². The summed E-state index contributed by atoms with van der Waals surface area (Å²) in [6.45, 7) is 23.4. The van der Waals surface area contributed by atoms with Crippen molar-refractivity contribution in [1.82, 2.24) is 0 Å². The maximum absolute atomic E-state index is 12.8. The summed E-state index contributed by atoms with van der Waals surface area (Å²) in [5.74, 6) is -0.557. The molecule has 0 aromatic carbocycles. The molecule has 0 aliphatic carbocycles. The van der Waals surface area contributed by atoms with Crippen LogP contribution in [0.15, 0.2) is 0 Å². The molecular formula is C24H52O6Si3. The van der Waals surface area contributed by atoms with Crippen LogP contribution in [0, 0.1) is 10.8 Å². The number of ether oxygens (including phenoxy) is 2. The van der Waals surface area contributed by atoms with Gasteiger partial charge >= 0.3 is 20.5 Å². The molecule has 0 N–H and O–H groups in total. The summed E-state index contributed by atoms with van der Waals surface area (Å²) >= 11 is 0. The van der Waals surface area contributed by atoms with Gasteiger partial charge in [-0.3, -0.25) is 9.59 Å². The molecule has 0 radical (unpaired) electrons. The second kappa shape index (κ2) is 13.0. The van der Waals surface area contributed by atoms with Crippen molar-refractivity contribution < 1.29 is 27.3 Å². The van der Waals surface area contributed by atoms with Crippen molar-refractivity contribution in [2.24, 2.45) is 10.8 Å². The Balaban J connectivity index is 4.74. The summed E-state index contributed by atoms with van der Waals surface area (Å²) < 4.78 is 23.8. The molecule has 196 valence electrons. The van der Waals surface area contributed by atoms with Gasteiger partial charge in [-0.1, -0.05) is 26.7 Å². The minimum absolute atomic E-state index is 0.270. The maximum atomic E-state index is 12.8. The van der Waals surface area contributed by atoms with Crippen LogP contribution in [0.1, 0.15) is 66.7 Å². The normalized spacial score (nSPS) is 15.2. The quantitative estimate of drug-likeness (QED) is 0.126. The Morgan fingerprint density at radius 1 is 0.788 bits per heavy atom. The number of carbonyl (C=O) groups is 2. The van der Waals surface area contributed by atoms with Crippen molar-refractivity contribution in [3.8, 4) is 0 Å². The summed E-state index contributed by atoms with van der Waals surface area (Å²) in [7, 11) is -4.48. The molecule has 9 heteroatoms. The first kappa shape index (κ1) is 32.5. The van der Waals surface area contributed by atoms with Crippen molar-refractivity contribution >= 4 is 37.1 Å². The van der Waals surface area contributed by atoms with Crippen LogP contribution in [-0.4, -0.2) is 50.9 Å². The Labute approximate surface area is 207 Å². The number of rotatable bonds is 16. The van der Waals surface area contributed by atoms with E-state index in [0.29, 0.717) is 19.4 Å². The van der Waals surface area contributed by atoms with E-state index in [1.165, 1.54) is 26.0 Å². The van der Waals surface area contributed by atoms with E-state index in [0.717, 1.165) is 12.5 Å². The van der Waals surface area contributed by atoms with E-state index in [1.807, 2.05) is 27.7 Å². The summed E-state index contributed by atoms with van der Waals surface area (Å²) in [5, 5.41) is 0. The number of unbranched alkanes of at least 4 members (excludes halogenated alkanes) is 1. The molecule has 6 nitrogen and oxygen atoms in total. The van der Waals surface area contributed by atoms with Gasteiger partial charge in [0.2, 0.25) is 0 Å². The summed E-state index contributed by atoms with van der Waals surface area (Å²) in [6, 6.07) is 2.08. The van der Waals surface area contributed by atoms with Gasteiger partial charge in [0.1, 0.15) is 0 Å². The summed E-state index contributed by atoms with van der Waals surface area (Å²) in [5.41, 5.74) is -1.47. The maximum Gasteiger partial charge on any atom is 0.311 e. The first-order valence-electron chi connectivity index (χ1n) is 12.5. The third-order valence-corrected chi connectivity index (χ3v) is 17.6.